The first-order chi connectivity index (χ1) is 7.33. The van der Waals surface area contributed by atoms with E-state index in [4.69, 9.17) is 0 Å². The summed E-state index contributed by atoms with van der Waals surface area (Å²) in [6.45, 7) is 6.84. The first kappa shape index (κ1) is 11.4. The van der Waals surface area contributed by atoms with Crippen molar-refractivity contribution >= 4 is 0 Å². The summed E-state index contributed by atoms with van der Waals surface area (Å²) in [5.74, 6) is 0. The quantitative estimate of drug-likeness (QED) is 0.681. The molecule has 2 rings (SSSR count). The molecule has 3 heteroatoms. The molecule has 0 spiro atoms. The molecule has 2 heterocycles. The van der Waals surface area contributed by atoms with Crippen LogP contribution < -0.4 is 5.32 Å². The van der Waals surface area contributed by atoms with Crippen LogP contribution in [0.2, 0.25) is 0 Å². The average molecular weight is 211 g/mol. The second-order valence-corrected chi connectivity index (χ2v) is 4.80. The lowest BCUT2D eigenvalue weighted by atomic mass is 10.2. The van der Waals surface area contributed by atoms with Crippen molar-refractivity contribution in [2.75, 3.05) is 0 Å². The fourth-order valence-electron chi connectivity index (χ4n) is 2.85. The number of rotatable bonds is 6. The van der Waals surface area contributed by atoms with Gasteiger partial charge in [0, 0.05) is 0 Å². The summed E-state index contributed by atoms with van der Waals surface area (Å²) in [7, 11) is 0. The lowest BCUT2D eigenvalue weighted by molar-refractivity contribution is 0.293. The molecule has 0 aromatic rings. The minimum absolute atomic E-state index is 0.628. The van der Waals surface area contributed by atoms with E-state index in [0.717, 1.165) is 6.17 Å². The molecule has 15 heavy (non-hydrogen) atoms. The molecule has 0 aromatic carbocycles. The first-order valence-corrected chi connectivity index (χ1v) is 6.66. The van der Waals surface area contributed by atoms with Crippen LogP contribution in [-0.4, -0.2) is 28.5 Å². The van der Waals surface area contributed by atoms with Crippen LogP contribution in [0.1, 0.15) is 59.3 Å². The van der Waals surface area contributed by atoms with E-state index < -0.39 is 0 Å². The summed E-state index contributed by atoms with van der Waals surface area (Å²) >= 11 is 0. The Morgan fingerprint density at radius 3 is 1.67 bits per heavy atom. The van der Waals surface area contributed by atoms with Gasteiger partial charge < -0.3 is 0 Å². The Hall–Kier alpha value is -0.120. The van der Waals surface area contributed by atoms with Crippen molar-refractivity contribution in [3.05, 3.63) is 0 Å². The normalized spacial score (nSPS) is 43.0. The van der Waals surface area contributed by atoms with Crippen molar-refractivity contribution in [2.24, 2.45) is 0 Å². The van der Waals surface area contributed by atoms with Crippen molar-refractivity contribution in [1.29, 1.82) is 0 Å². The van der Waals surface area contributed by atoms with E-state index in [1.54, 1.807) is 0 Å². The van der Waals surface area contributed by atoms with Gasteiger partial charge in [0.15, 0.2) is 0 Å². The molecule has 4 atom stereocenters. The molecular weight excluding hydrogens is 186 g/mol. The Bertz CT molecular complexity index is 189. The van der Waals surface area contributed by atoms with Gasteiger partial charge in [-0.3, -0.25) is 5.32 Å². The standard InChI is InChI=1S/C12H25N3/c1-4-7-10-13-11(8-5-2)15-12(9-6-3)14(10)15/h10-13H,4-9H2,1-3H3/t10-,11-,12?,14?,15?/m1/s1. The third-order valence-electron chi connectivity index (χ3n) is 3.52. The molecule has 88 valence electrons. The maximum atomic E-state index is 3.73. The Kier molecular flexibility index (Phi) is 3.65. The zero-order valence-electron chi connectivity index (χ0n) is 10.4. The van der Waals surface area contributed by atoms with Crippen molar-refractivity contribution in [1.82, 2.24) is 15.3 Å². The van der Waals surface area contributed by atoms with Crippen molar-refractivity contribution in [2.45, 2.75) is 77.8 Å². The highest BCUT2D eigenvalue weighted by Gasteiger charge is 2.57. The van der Waals surface area contributed by atoms with Crippen LogP contribution in [0.25, 0.3) is 0 Å². The average Bonchev–Trinajstić information content (AvgIpc) is 2.80. The summed E-state index contributed by atoms with van der Waals surface area (Å²) in [5.41, 5.74) is 0. The van der Waals surface area contributed by atoms with Crippen molar-refractivity contribution < 1.29 is 0 Å². The van der Waals surface area contributed by atoms with E-state index in [1.165, 1.54) is 38.5 Å². The van der Waals surface area contributed by atoms with Gasteiger partial charge >= 0.3 is 0 Å². The smallest absolute Gasteiger partial charge is 0.0931 e. The number of fused-ring (bicyclic) bond motifs is 1. The van der Waals surface area contributed by atoms with Crippen LogP contribution in [0.5, 0.6) is 0 Å². The van der Waals surface area contributed by atoms with E-state index in [0.29, 0.717) is 12.3 Å². The molecule has 0 amide bonds. The summed E-state index contributed by atoms with van der Waals surface area (Å²) in [4.78, 5) is 0. The van der Waals surface area contributed by atoms with Crippen LogP contribution in [0, 0.1) is 0 Å². The number of hydrogen-bond acceptors (Lipinski definition) is 3. The van der Waals surface area contributed by atoms with E-state index in [1.807, 2.05) is 0 Å². The molecule has 0 saturated carbocycles. The van der Waals surface area contributed by atoms with Gasteiger partial charge in [-0.25, -0.2) is 10.0 Å². The van der Waals surface area contributed by atoms with Gasteiger partial charge in [0.1, 0.15) is 0 Å². The minimum atomic E-state index is 0.628. The van der Waals surface area contributed by atoms with E-state index in [2.05, 4.69) is 36.1 Å². The summed E-state index contributed by atoms with van der Waals surface area (Å²) in [5, 5.41) is 8.89. The Balaban J connectivity index is 1.90. The second-order valence-electron chi connectivity index (χ2n) is 4.80. The largest absolute Gasteiger partial charge is 0.284 e. The maximum Gasteiger partial charge on any atom is 0.0931 e. The van der Waals surface area contributed by atoms with Crippen LogP contribution >= 0.6 is 0 Å². The Morgan fingerprint density at radius 1 is 0.800 bits per heavy atom. The maximum absolute atomic E-state index is 3.73. The second kappa shape index (κ2) is 4.81. The molecule has 0 radical (unpaired) electrons. The molecule has 2 unspecified atom stereocenters. The number of nitrogens with one attached hydrogen (secondary N) is 1. The van der Waals surface area contributed by atoms with Gasteiger partial charge in [-0.2, -0.15) is 0 Å². The predicted molar refractivity (Wildman–Crippen MR) is 62.9 cm³/mol. The van der Waals surface area contributed by atoms with E-state index in [9.17, 15) is 0 Å². The molecular formula is C12H25N3. The molecule has 3 nitrogen and oxygen atoms in total. The zero-order chi connectivity index (χ0) is 10.8. The fourth-order valence-corrected chi connectivity index (χ4v) is 2.85. The van der Waals surface area contributed by atoms with Crippen molar-refractivity contribution in [3.63, 3.8) is 0 Å². The summed E-state index contributed by atoms with van der Waals surface area (Å²) in [6.07, 6.45) is 9.78. The van der Waals surface area contributed by atoms with Crippen LogP contribution in [0.3, 0.4) is 0 Å². The van der Waals surface area contributed by atoms with Crippen LogP contribution in [0.15, 0.2) is 0 Å². The first-order valence-electron chi connectivity index (χ1n) is 6.66. The number of hydrogen-bond donors (Lipinski definition) is 1. The molecule has 1 N–H and O–H groups in total. The predicted octanol–water partition coefficient (Wildman–Crippen LogP) is 2.50. The van der Waals surface area contributed by atoms with Gasteiger partial charge in [0.05, 0.1) is 18.5 Å². The lowest BCUT2D eigenvalue weighted by Gasteiger charge is -2.18. The third kappa shape index (κ3) is 2.05. The van der Waals surface area contributed by atoms with Crippen molar-refractivity contribution in [3.8, 4) is 0 Å². The zero-order valence-corrected chi connectivity index (χ0v) is 10.4. The highest BCUT2D eigenvalue weighted by molar-refractivity contribution is 4.98. The summed E-state index contributed by atoms with van der Waals surface area (Å²) < 4.78 is 0. The molecule has 2 saturated heterocycles. The molecule has 2 aliphatic heterocycles. The lowest BCUT2D eigenvalue weighted by Crippen LogP contribution is -2.40. The van der Waals surface area contributed by atoms with Gasteiger partial charge in [-0.1, -0.05) is 40.0 Å². The Labute approximate surface area is 93.8 Å². The highest BCUT2D eigenvalue weighted by Crippen LogP contribution is 2.41. The fraction of sp³-hybridized carbons (Fsp3) is 1.00. The molecule has 0 aromatic heterocycles. The molecule has 0 bridgehead atoms. The summed E-state index contributed by atoms with van der Waals surface area (Å²) in [6, 6.07) is 0. The highest BCUT2D eigenvalue weighted by atomic mass is 15.9. The van der Waals surface area contributed by atoms with Gasteiger partial charge in [-0.05, 0) is 19.3 Å². The van der Waals surface area contributed by atoms with Crippen LogP contribution in [0.4, 0.5) is 0 Å². The molecule has 2 aliphatic rings. The topological polar surface area (TPSA) is 18.0 Å². The number of hydrazine groups is 1. The third-order valence-corrected chi connectivity index (χ3v) is 3.52. The van der Waals surface area contributed by atoms with Gasteiger partial charge in [0.25, 0.3) is 0 Å². The SMILES string of the molecule is CCCC1N2[C@H](CCC)N[C@@H](CCC)N12. The number of nitrogens with zero attached hydrogens (tertiary/aromatic N) is 2. The van der Waals surface area contributed by atoms with Crippen LogP contribution in [-0.2, 0) is 0 Å². The minimum Gasteiger partial charge on any atom is -0.284 e. The van der Waals surface area contributed by atoms with E-state index in [-0.39, 0.29) is 0 Å². The molecule has 0 aliphatic carbocycles. The van der Waals surface area contributed by atoms with E-state index >= 15 is 0 Å². The van der Waals surface area contributed by atoms with Gasteiger partial charge in [0.2, 0.25) is 0 Å². The van der Waals surface area contributed by atoms with Gasteiger partial charge in [-0.15, -0.1) is 0 Å². The Morgan fingerprint density at radius 2 is 1.27 bits per heavy atom. The molecule has 2 fully saturated rings. The monoisotopic (exact) mass is 211 g/mol.